The molecule has 2 aromatic rings. The molecule has 1 amide bonds. The summed E-state index contributed by atoms with van der Waals surface area (Å²) < 4.78 is 10.4. The number of rotatable bonds is 3. The highest BCUT2D eigenvalue weighted by molar-refractivity contribution is 5.84. The number of carbonyl (C=O) groups excluding carboxylic acids is 1. The maximum atomic E-state index is 11.9. The minimum absolute atomic E-state index is 0.251. The van der Waals surface area contributed by atoms with Crippen LogP contribution in [0.3, 0.4) is 0 Å². The average molecular weight is 344 g/mol. The molecule has 0 radical (unpaired) electrons. The van der Waals surface area contributed by atoms with Crippen LogP contribution in [0.15, 0.2) is 27.4 Å². The first-order valence-corrected chi connectivity index (χ1v) is 8.66. The Balaban J connectivity index is 1.78. The van der Waals surface area contributed by atoms with Crippen LogP contribution in [0.1, 0.15) is 23.6 Å². The van der Waals surface area contributed by atoms with Gasteiger partial charge >= 0.3 is 11.7 Å². The number of amides is 1. The van der Waals surface area contributed by atoms with Gasteiger partial charge in [0, 0.05) is 44.2 Å². The third-order valence-corrected chi connectivity index (χ3v) is 4.56. The van der Waals surface area contributed by atoms with E-state index in [4.69, 9.17) is 9.15 Å². The largest absolute Gasteiger partial charge is 0.450 e. The van der Waals surface area contributed by atoms with E-state index >= 15 is 0 Å². The van der Waals surface area contributed by atoms with Crippen molar-refractivity contribution >= 4 is 17.1 Å². The second-order valence-corrected chi connectivity index (χ2v) is 6.51. The van der Waals surface area contributed by atoms with Crippen LogP contribution >= 0.6 is 0 Å². The Morgan fingerprint density at radius 2 is 1.88 bits per heavy atom. The van der Waals surface area contributed by atoms with Gasteiger partial charge in [0.15, 0.2) is 0 Å². The molecule has 0 spiro atoms. The lowest BCUT2D eigenvalue weighted by molar-refractivity contribution is 0.0779. The van der Waals surface area contributed by atoms with Crippen LogP contribution in [-0.4, -0.2) is 48.7 Å². The zero-order chi connectivity index (χ0) is 18.0. The number of hydrogen-bond donors (Lipinski definition) is 0. The van der Waals surface area contributed by atoms with Crippen molar-refractivity contribution in [2.75, 3.05) is 32.8 Å². The van der Waals surface area contributed by atoms with Gasteiger partial charge in [0.2, 0.25) is 0 Å². The first-order valence-electron chi connectivity index (χ1n) is 8.66. The number of hydrogen-bond acceptors (Lipinski definition) is 5. The SMILES string of the molecule is CCOC(=O)N1CCN(Cc2cc(=O)oc3cc(C)cc(C)c23)CC1. The van der Waals surface area contributed by atoms with Crippen LogP contribution in [0, 0.1) is 13.8 Å². The number of ether oxygens (including phenoxy) is 1. The number of nitrogens with zero attached hydrogens (tertiary/aromatic N) is 2. The van der Waals surface area contributed by atoms with Crippen LogP contribution in [0.25, 0.3) is 11.0 Å². The van der Waals surface area contributed by atoms with Gasteiger partial charge in [-0.15, -0.1) is 0 Å². The van der Waals surface area contributed by atoms with E-state index in [9.17, 15) is 9.59 Å². The third kappa shape index (κ3) is 3.85. The molecule has 0 N–H and O–H groups in total. The fraction of sp³-hybridized carbons (Fsp3) is 0.474. The zero-order valence-electron chi connectivity index (χ0n) is 15.0. The van der Waals surface area contributed by atoms with E-state index in [2.05, 4.69) is 11.0 Å². The highest BCUT2D eigenvalue weighted by atomic mass is 16.6. The molecule has 2 heterocycles. The van der Waals surface area contributed by atoms with Gasteiger partial charge < -0.3 is 14.1 Å². The van der Waals surface area contributed by atoms with Gasteiger partial charge in [-0.25, -0.2) is 9.59 Å². The maximum absolute atomic E-state index is 11.9. The molecule has 134 valence electrons. The van der Waals surface area contributed by atoms with E-state index in [-0.39, 0.29) is 11.7 Å². The monoisotopic (exact) mass is 344 g/mol. The molecule has 1 fully saturated rings. The van der Waals surface area contributed by atoms with Gasteiger partial charge in [-0.05, 0) is 43.5 Å². The summed E-state index contributed by atoms with van der Waals surface area (Å²) in [7, 11) is 0. The van der Waals surface area contributed by atoms with Crippen molar-refractivity contribution in [1.29, 1.82) is 0 Å². The molecular formula is C19H24N2O4. The van der Waals surface area contributed by atoms with Gasteiger partial charge in [0.25, 0.3) is 0 Å². The lowest BCUT2D eigenvalue weighted by Crippen LogP contribution is -2.48. The zero-order valence-corrected chi connectivity index (χ0v) is 15.0. The van der Waals surface area contributed by atoms with Gasteiger partial charge in [-0.3, -0.25) is 4.90 Å². The number of piperazine rings is 1. The predicted octanol–water partition coefficient (Wildman–Crippen LogP) is 2.68. The molecule has 1 aromatic carbocycles. The smallest absolute Gasteiger partial charge is 0.409 e. The van der Waals surface area contributed by atoms with Gasteiger partial charge in [-0.1, -0.05) is 6.07 Å². The molecule has 0 bridgehead atoms. The molecular weight excluding hydrogens is 320 g/mol. The van der Waals surface area contributed by atoms with Crippen molar-refractivity contribution < 1.29 is 13.9 Å². The van der Waals surface area contributed by atoms with Crippen molar-refractivity contribution in [3.8, 4) is 0 Å². The third-order valence-electron chi connectivity index (χ3n) is 4.56. The summed E-state index contributed by atoms with van der Waals surface area (Å²) in [6.45, 7) is 9.69. The van der Waals surface area contributed by atoms with Crippen molar-refractivity contribution in [3.63, 3.8) is 0 Å². The Morgan fingerprint density at radius 3 is 2.56 bits per heavy atom. The molecule has 0 saturated carbocycles. The second-order valence-electron chi connectivity index (χ2n) is 6.51. The normalized spacial score (nSPS) is 15.6. The first kappa shape index (κ1) is 17.5. The lowest BCUT2D eigenvalue weighted by atomic mass is 10.0. The molecule has 0 aliphatic carbocycles. The molecule has 25 heavy (non-hydrogen) atoms. The second kappa shape index (κ2) is 7.27. The molecule has 0 unspecified atom stereocenters. The topological polar surface area (TPSA) is 63.0 Å². The Labute approximate surface area is 147 Å². The molecule has 1 saturated heterocycles. The van der Waals surface area contributed by atoms with Crippen LogP contribution in [0.2, 0.25) is 0 Å². The Hall–Kier alpha value is -2.34. The average Bonchev–Trinajstić information content (AvgIpc) is 2.54. The fourth-order valence-corrected chi connectivity index (χ4v) is 3.44. The standard InChI is InChI=1S/C19H24N2O4/c1-4-24-19(23)21-7-5-20(6-8-21)12-15-11-17(22)25-16-10-13(2)9-14(3)18(15)16/h9-11H,4-8,12H2,1-3H3. The molecule has 0 atom stereocenters. The van der Waals surface area contributed by atoms with Crippen LogP contribution in [0.5, 0.6) is 0 Å². The van der Waals surface area contributed by atoms with Crippen molar-refractivity contribution in [1.82, 2.24) is 9.80 Å². The van der Waals surface area contributed by atoms with Gasteiger partial charge in [0.1, 0.15) is 5.58 Å². The number of aryl methyl sites for hydroxylation is 2. The van der Waals surface area contributed by atoms with Gasteiger partial charge in [-0.2, -0.15) is 0 Å². The van der Waals surface area contributed by atoms with Crippen LogP contribution < -0.4 is 5.63 Å². The Bertz CT molecular complexity index is 835. The molecule has 6 nitrogen and oxygen atoms in total. The van der Waals surface area contributed by atoms with Crippen LogP contribution in [-0.2, 0) is 11.3 Å². The van der Waals surface area contributed by atoms with E-state index in [1.54, 1.807) is 11.0 Å². The van der Waals surface area contributed by atoms with Crippen molar-refractivity contribution in [2.24, 2.45) is 0 Å². The Morgan fingerprint density at radius 1 is 1.16 bits per heavy atom. The van der Waals surface area contributed by atoms with E-state index in [1.807, 2.05) is 26.8 Å². The van der Waals surface area contributed by atoms with E-state index < -0.39 is 0 Å². The number of carbonyl (C=O) groups is 1. The minimum atomic E-state index is -0.322. The number of fused-ring (bicyclic) bond motifs is 1. The summed E-state index contributed by atoms with van der Waals surface area (Å²) in [5.74, 6) is 0. The fourth-order valence-electron chi connectivity index (χ4n) is 3.44. The quantitative estimate of drug-likeness (QED) is 0.801. The summed E-state index contributed by atoms with van der Waals surface area (Å²) in [5, 5.41) is 1.01. The summed E-state index contributed by atoms with van der Waals surface area (Å²) >= 11 is 0. The van der Waals surface area contributed by atoms with E-state index in [0.717, 1.165) is 35.2 Å². The van der Waals surface area contributed by atoms with E-state index in [0.29, 0.717) is 31.8 Å². The highest BCUT2D eigenvalue weighted by Crippen LogP contribution is 2.24. The maximum Gasteiger partial charge on any atom is 0.409 e. The molecule has 6 heteroatoms. The lowest BCUT2D eigenvalue weighted by Gasteiger charge is -2.34. The molecule has 1 aliphatic heterocycles. The molecule has 1 aliphatic rings. The van der Waals surface area contributed by atoms with Crippen LogP contribution in [0.4, 0.5) is 4.79 Å². The molecule has 1 aromatic heterocycles. The first-order chi connectivity index (χ1) is 12.0. The van der Waals surface area contributed by atoms with Gasteiger partial charge in [0.05, 0.1) is 6.61 Å². The summed E-state index contributed by atoms with van der Waals surface area (Å²) in [4.78, 5) is 27.7. The van der Waals surface area contributed by atoms with E-state index in [1.165, 1.54) is 0 Å². The predicted molar refractivity (Wildman–Crippen MR) is 95.8 cm³/mol. The molecule has 3 rings (SSSR count). The Kier molecular flexibility index (Phi) is 5.08. The summed E-state index contributed by atoms with van der Waals surface area (Å²) in [6.07, 6.45) is -0.251. The summed E-state index contributed by atoms with van der Waals surface area (Å²) in [5.41, 5.74) is 3.49. The summed E-state index contributed by atoms with van der Waals surface area (Å²) in [6, 6.07) is 5.60. The van der Waals surface area contributed by atoms with Crippen molar-refractivity contribution in [2.45, 2.75) is 27.3 Å². The minimum Gasteiger partial charge on any atom is -0.450 e. The number of benzene rings is 1. The highest BCUT2D eigenvalue weighted by Gasteiger charge is 2.22. The van der Waals surface area contributed by atoms with Crippen molar-refractivity contribution in [3.05, 3.63) is 45.3 Å².